The summed E-state index contributed by atoms with van der Waals surface area (Å²) < 4.78 is 6.33. The van der Waals surface area contributed by atoms with E-state index in [1.54, 1.807) is 16.2 Å². The molecule has 1 aliphatic heterocycles. The van der Waals surface area contributed by atoms with Crippen molar-refractivity contribution in [2.45, 2.75) is 38.4 Å². The fourth-order valence-corrected chi connectivity index (χ4v) is 3.91. The molecule has 1 aliphatic rings. The lowest BCUT2D eigenvalue weighted by Crippen LogP contribution is -2.35. The molecule has 1 aromatic heterocycles. The maximum atomic E-state index is 12.0. The molecule has 1 saturated heterocycles. The van der Waals surface area contributed by atoms with Gasteiger partial charge in [0.15, 0.2) is 0 Å². The number of likely N-dealkylation sites (tertiary alicyclic amines) is 1. The number of thiophene rings is 1. The summed E-state index contributed by atoms with van der Waals surface area (Å²) in [6, 6.07) is 1.96. The first-order chi connectivity index (χ1) is 8.78. The van der Waals surface area contributed by atoms with E-state index in [0.717, 1.165) is 9.35 Å². The van der Waals surface area contributed by atoms with E-state index in [1.807, 2.05) is 32.2 Å². The van der Waals surface area contributed by atoms with Gasteiger partial charge < -0.3 is 14.7 Å². The van der Waals surface area contributed by atoms with Crippen molar-refractivity contribution in [1.82, 2.24) is 4.90 Å². The first kappa shape index (κ1) is 14.8. The SMILES string of the molecule is CC(C)(C)OC(=O)N1C[C@@H](O)[C@H](c2sccc2Br)C1. The highest BCUT2D eigenvalue weighted by atomic mass is 79.9. The molecule has 0 saturated carbocycles. The third-order valence-corrected chi connectivity index (χ3v) is 4.92. The van der Waals surface area contributed by atoms with Crippen molar-refractivity contribution in [3.8, 4) is 0 Å². The highest BCUT2D eigenvalue weighted by molar-refractivity contribution is 9.10. The van der Waals surface area contributed by atoms with E-state index in [-0.39, 0.29) is 12.0 Å². The Bertz CT molecular complexity index is 469. The van der Waals surface area contributed by atoms with Crippen LogP contribution in [-0.4, -0.2) is 40.9 Å². The van der Waals surface area contributed by atoms with Gasteiger partial charge in [-0.1, -0.05) is 0 Å². The van der Waals surface area contributed by atoms with E-state index in [2.05, 4.69) is 15.9 Å². The summed E-state index contributed by atoms with van der Waals surface area (Å²) in [5, 5.41) is 12.1. The van der Waals surface area contributed by atoms with Gasteiger partial charge in [0.25, 0.3) is 0 Å². The van der Waals surface area contributed by atoms with Gasteiger partial charge in [-0.2, -0.15) is 0 Å². The smallest absolute Gasteiger partial charge is 0.410 e. The second-order valence-electron chi connectivity index (χ2n) is 5.69. The number of halogens is 1. The zero-order valence-corrected chi connectivity index (χ0v) is 13.6. The van der Waals surface area contributed by atoms with E-state index < -0.39 is 11.7 Å². The number of ether oxygens (including phenoxy) is 1. The number of amides is 1. The van der Waals surface area contributed by atoms with E-state index in [1.165, 1.54) is 0 Å². The fourth-order valence-electron chi connectivity index (χ4n) is 2.09. The molecule has 2 atom stereocenters. The highest BCUT2D eigenvalue weighted by Crippen LogP contribution is 2.36. The van der Waals surface area contributed by atoms with Gasteiger partial charge in [0.05, 0.1) is 12.6 Å². The molecule has 106 valence electrons. The number of β-amino-alcohol motifs (C(OH)–C–C–N with tert-alkyl or cyclic N) is 1. The number of nitrogens with zero attached hydrogens (tertiary/aromatic N) is 1. The third-order valence-electron chi connectivity index (χ3n) is 2.92. The average molecular weight is 348 g/mol. The Balaban J connectivity index is 2.06. The predicted molar refractivity (Wildman–Crippen MR) is 78.6 cm³/mol. The third kappa shape index (κ3) is 3.49. The maximum absolute atomic E-state index is 12.0. The molecule has 0 bridgehead atoms. The van der Waals surface area contributed by atoms with Crippen molar-refractivity contribution < 1.29 is 14.6 Å². The average Bonchev–Trinajstić information content (AvgIpc) is 2.82. The molecule has 6 heteroatoms. The number of aliphatic hydroxyl groups excluding tert-OH is 1. The molecule has 1 aromatic rings. The molecule has 19 heavy (non-hydrogen) atoms. The Morgan fingerprint density at radius 3 is 2.74 bits per heavy atom. The summed E-state index contributed by atoms with van der Waals surface area (Å²) in [7, 11) is 0. The van der Waals surface area contributed by atoms with Crippen LogP contribution in [0.5, 0.6) is 0 Å². The summed E-state index contributed by atoms with van der Waals surface area (Å²) in [4.78, 5) is 14.6. The van der Waals surface area contributed by atoms with Crippen LogP contribution >= 0.6 is 27.3 Å². The molecular weight excluding hydrogens is 330 g/mol. The normalized spacial score (nSPS) is 23.7. The van der Waals surface area contributed by atoms with Gasteiger partial charge in [0.2, 0.25) is 0 Å². The van der Waals surface area contributed by atoms with Crippen LogP contribution in [0.2, 0.25) is 0 Å². The molecule has 0 aromatic carbocycles. The number of rotatable bonds is 1. The predicted octanol–water partition coefficient (Wildman–Crippen LogP) is 3.21. The van der Waals surface area contributed by atoms with Crippen molar-refractivity contribution >= 4 is 33.4 Å². The van der Waals surface area contributed by atoms with Crippen LogP contribution in [0, 0.1) is 0 Å². The first-order valence-electron chi connectivity index (χ1n) is 6.17. The number of carbonyl (C=O) groups excluding carboxylic acids is 1. The molecule has 2 heterocycles. The molecule has 0 radical (unpaired) electrons. The largest absolute Gasteiger partial charge is 0.444 e. The van der Waals surface area contributed by atoms with Crippen LogP contribution in [0.4, 0.5) is 4.79 Å². The van der Waals surface area contributed by atoms with E-state index in [4.69, 9.17) is 4.74 Å². The Labute approximate surface area is 125 Å². The molecule has 1 N–H and O–H groups in total. The van der Waals surface area contributed by atoms with E-state index in [9.17, 15) is 9.90 Å². The van der Waals surface area contributed by atoms with Gasteiger partial charge in [0.1, 0.15) is 5.60 Å². The lowest BCUT2D eigenvalue weighted by atomic mass is 10.1. The van der Waals surface area contributed by atoms with Crippen LogP contribution in [0.15, 0.2) is 15.9 Å². The van der Waals surface area contributed by atoms with E-state index >= 15 is 0 Å². The molecule has 1 amide bonds. The van der Waals surface area contributed by atoms with Crippen LogP contribution in [0.3, 0.4) is 0 Å². The molecule has 0 aliphatic carbocycles. The summed E-state index contributed by atoms with van der Waals surface area (Å²) in [5.74, 6) is -0.0399. The zero-order chi connectivity index (χ0) is 14.2. The number of hydrogen-bond donors (Lipinski definition) is 1. The van der Waals surface area contributed by atoms with Gasteiger partial charge in [-0.05, 0) is 48.1 Å². The van der Waals surface area contributed by atoms with Crippen molar-refractivity contribution in [2.75, 3.05) is 13.1 Å². The molecular formula is C13H18BrNO3S. The van der Waals surface area contributed by atoms with Crippen molar-refractivity contribution in [2.24, 2.45) is 0 Å². The van der Waals surface area contributed by atoms with Crippen LogP contribution in [-0.2, 0) is 4.74 Å². The molecule has 2 rings (SSSR count). The highest BCUT2D eigenvalue weighted by Gasteiger charge is 2.38. The Morgan fingerprint density at radius 2 is 2.21 bits per heavy atom. The number of aliphatic hydroxyl groups is 1. The molecule has 0 spiro atoms. The monoisotopic (exact) mass is 347 g/mol. The summed E-state index contributed by atoms with van der Waals surface area (Å²) in [6.45, 7) is 6.33. The van der Waals surface area contributed by atoms with Gasteiger partial charge in [0, 0.05) is 21.8 Å². The maximum Gasteiger partial charge on any atom is 0.410 e. The van der Waals surface area contributed by atoms with Crippen LogP contribution in [0.1, 0.15) is 31.6 Å². The van der Waals surface area contributed by atoms with Crippen molar-refractivity contribution in [3.05, 3.63) is 20.8 Å². The van der Waals surface area contributed by atoms with Crippen LogP contribution < -0.4 is 0 Å². The minimum Gasteiger partial charge on any atom is -0.444 e. The second-order valence-corrected chi connectivity index (χ2v) is 7.49. The molecule has 1 fully saturated rings. The Kier molecular flexibility index (Phi) is 4.23. The molecule has 0 unspecified atom stereocenters. The zero-order valence-electron chi connectivity index (χ0n) is 11.2. The van der Waals surface area contributed by atoms with Crippen molar-refractivity contribution in [3.63, 3.8) is 0 Å². The van der Waals surface area contributed by atoms with Gasteiger partial charge in [-0.25, -0.2) is 4.79 Å². The summed E-state index contributed by atoms with van der Waals surface area (Å²) in [5.41, 5.74) is -0.510. The van der Waals surface area contributed by atoms with Crippen LogP contribution in [0.25, 0.3) is 0 Å². The van der Waals surface area contributed by atoms with Gasteiger partial charge in [-0.15, -0.1) is 11.3 Å². The minimum atomic E-state index is -0.539. The van der Waals surface area contributed by atoms with Gasteiger partial charge in [-0.3, -0.25) is 0 Å². The minimum absolute atomic E-state index is 0.0399. The first-order valence-corrected chi connectivity index (χ1v) is 7.84. The topological polar surface area (TPSA) is 49.8 Å². The van der Waals surface area contributed by atoms with E-state index in [0.29, 0.717) is 13.1 Å². The summed E-state index contributed by atoms with van der Waals surface area (Å²) in [6.07, 6.45) is -0.899. The Morgan fingerprint density at radius 1 is 1.53 bits per heavy atom. The standard InChI is InChI=1S/C13H18BrNO3S/c1-13(2,3)18-12(17)15-6-8(10(16)7-15)11-9(14)4-5-19-11/h4-5,8,10,16H,6-7H2,1-3H3/t8-,10-/m1/s1. The quantitative estimate of drug-likeness (QED) is 0.848. The number of hydrogen-bond acceptors (Lipinski definition) is 4. The second kappa shape index (κ2) is 5.42. The lowest BCUT2D eigenvalue weighted by Gasteiger charge is -2.24. The molecule has 4 nitrogen and oxygen atoms in total. The Hall–Kier alpha value is -0.590. The fraction of sp³-hybridized carbons (Fsp3) is 0.615. The summed E-state index contributed by atoms with van der Waals surface area (Å²) >= 11 is 5.07. The van der Waals surface area contributed by atoms with Gasteiger partial charge >= 0.3 is 6.09 Å². The van der Waals surface area contributed by atoms with Crippen molar-refractivity contribution in [1.29, 1.82) is 0 Å². The number of carbonyl (C=O) groups is 1. The lowest BCUT2D eigenvalue weighted by molar-refractivity contribution is 0.0270.